The SMILES string of the molecule is Cc1csc(NC(=O)c2ccncc2NC(=O)c2ccc(N3CCCC3)cc2OC2CCNCC2)n1.O=C(O)C(F)(F)F. The second kappa shape index (κ2) is 14.3. The summed E-state index contributed by atoms with van der Waals surface area (Å²) in [6.45, 7) is 5.66. The second-order valence-electron chi connectivity index (χ2n) is 9.87. The van der Waals surface area contributed by atoms with Gasteiger partial charge in [0.05, 0.1) is 28.7 Å². The number of aromatic nitrogens is 2. The number of carbonyl (C=O) groups is 3. The van der Waals surface area contributed by atoms with Crippen molar-refractivity contribution < 1.29 is 37.4 Å². The number of amides is 2. The first-order chi connectivity index (χ1) is 20.5. The number of anilines is 3. The first-order valence-corrected chi connectivity index (χ1v) is 14.4. The molecule has 0 saturated carbocycles. The summed E-state index contributed by atoms with van der Waals surface area (Å²) in [6.07, 6.45) is 2.07. The number of ether oxygens (including phenoxy) is 1. The fourth-order valence-corrected chi connectivity index (χ4v) is 5.20. The Bertz CT molecular complexity index is 1440. The van der Waals surface area contributed by atoms with E-state index in [4.69, 9.17) is 14.6 Å². The number of carboxylic acid groups (broad SMARTS) is 1. The Labute approximate surface area is 249 Å². The predicted octanol–water partition coefficient (Wildman–Crippen LogP) is 4.72. The fraction of sp³-hybridized carbons (Fsp3) is 0.393. The average molecular weight is 621 g/mol. The van der Waals surface area contributed by atoms with Crippen LogP contribution in [0.1, 0.15) is 52.1 Å². The molecular weight excluding hydrogens is 589 g/mol. The molecule has 0 aliphatic carbocycles. The van der Waals surface area contributed by atoms with Crippen LogP contribution >= 0.6 is 11.3 Å². The molecule has 2 aliphatic heterocycles. The number of piperidine rings is 1. The molecule has 4 heterocycles. The van der Waals surface area contributed by atoms with E-state index in [1.54, 1.807) is 6.07 Å². The summed E-state index contributed by atoms with van der Waals surface area (Å²) < 4.78 is 38.1. The van der Waals surface area contributed by atoms with Gasteiger partial charge in [0.15, 0.2) is 5.13 Å². The number of rotatable bonds is 7. The van der Waals surface area contributed by atoms with Crippen molar-refractivity contribution in [2.75, 3.05) is 41.7 Å². The third-order valence-electron chi connectivity index (χ3n) is 6.66. The lowest BCUT2D eigenvalue weighted by molar-refractivity contribution is -0.192. The molecule has 2 amide bonds. The minimum absolute atomic E-state index is 0.0492. The molecular formula is C28H31F3N6O5S. The van der Waals surface area contributed by atoms with Crippen molar-refractivity contribution in [1.29, 1.82) is 0 Å². The van der Waals surface area contributed by atoms with Gasteiger partial charge in [0, 0.05) is 36.4 Å². The summed E-state index contributed by atoms with van der Waals surface area (Å²) in [5.74, 6) is -2.90. The van der Waals surface area contributed by atoms with E-state index < -0.39 is 12.1 Å². The molecule has 0 radical (unpaired) electrons. The summed E-state index contributed by atoms with van der Waals surface area (Å²) in [5, 5.41) is 18.5. The molecule has 2 fully saturated rings. The summed E-state index contributed by atoms with van der Waals surface area (Å²) >= 11 is 1.35. The van der Waals surface area contributed by atoms with Crippen molar-refractivity contribution in [3.63, 3.8) is 0 Å². The lowest BCUT2D eigenvalue weighted by Crippen LogP contribution is -2.34. The highest BCUT2D eigenvalue weighted by molar-refractivity contribution is 7.13. The zero-order chi connectivity index (χ0) is 31.0. The van der Waals surface area contributed by atoms with Crippen LogP contribution in [0.15, 0.2) is 42.0 Å². The Morgan fingerprint density at radius 2 is 1.74 bits per heavy atom. The number of aliphatic carboxylic acids is 1. The highest BCUT2D eigenvalue weighted by Gasteiger charge is 2.38. The van der Waals surface area contributed by atoms with Gasteiger partial charge in [-0.3, -0.25) is 19.9 Å². The van der Waals surface area contributed by atoms with Gasteiger partial charge in [-0.25, -0.2) is 9.78 Å². The van der Waals surface area contributed by atoms with Crippen molar-refractivity contribution in [3.05, 3.63) is 58.9 Å². The number of pyridine rings is 1. The van der Waals surface area contributed by atoms with Crippen molar-refractivity contribution >= 4 is 45.6 Å². The summed E-state index contributed by atoms with van der Waals surface area (Å²) in [5.41, 5.74) is 2.96. The maximum absolute atomic E-state index is 13.5. The van der Waals surface area contributed by atoms with Crippen LogP contribution in [0.5, 0.6) is 5.75 Å². The number of benzene rings is 1. The van der Waals surface area contributed by atoms with Crippen LogP contribution in [-0.4, -0.2) is 71.3 Å². The maximum Gasteiger partial charge on any atom is 0.490 e. The predicted molar refractivity (Wildman–Crippen MR) is 155 cm³/mol. The van der Waals surface area contributed by atoms with Gasteiger partial charge < -0.3 is 25.4 Å². The van der Waals surface area contributed by atoms with E-state index in [-0.39, 0.29) is 17.9 Å². The number of hydrogen-bond donors (Lipinski definition) is 4. The minimum Gasteiger partial charge on any atom is -0.489 e. The molecule has 15 heteroatoms. The van der Waals surface area contributed by atoms with Gasteiger partial charge in [-0.15, -0.1) is 11.3 Å². The molecule has 43 heavy (non-hydrogen) atoms. The molecule has 0 bridgehead atoms. The first kappa shape index (κ1) is 31.7. The summed E-state index contributed by atoms with van der Waals surface area (Å²) in [6, 6.07) is 7.34. The third kappa shape index (κ3) is 8.88. The van der Waals surface area contributed by atoms with Crippen molar-refractivity contribution in [2.24, 2.45) is 0 Å². The molecule has 2 aromatic heterocycles. The molecule has 0 spiro atoms. The number of carbonyl (C=O) groups excluding carboxylic acids is 2. The standard InChI is InChI=1S/C26H30N6O3S.C2HF3O2/c1-17-16-36-26(29-17)31-24(33)20-8-11-28-15-22(20)30-25(34)21-5-4-18(32-12-2-3-13-32)14-23(21)35-19-6-9-27-10-7-19;3-2(4,5)1(6)7/h4-5,8,11,14-16,19,27H,2-3,6-7,9-10,12-13H2,1H3,(H,30,34)(H,29,31,33);(H,6,7). The zero-order valence-electron chi connectivity index (χ0n) is 23.2. The summed E-state index contributed by atoms with van der Waals surface area (Å²) in [7, 11) is 0. The van der Waals surface area contributed by atoms with Crippen LogP contribution in [0, 0.1) is 6.92 Å². The molecule has 0 unspecified atom stereocenters. The number of alkyl halides is 3. The molecule has 230 valence electrons. The number of nitrogens with zero attached hydrogens (tertiary/aromatic N) is 3. The third-order valence-corrected chi connectivity index (χ3v) is 7.53. The van der Waals surface area contributed by atoms with Gasteiger partial charge in [-0.2, -0.15) is 13.2 Å². The molecule has 2 saturated heterocycles. The van der Waals surface area contributed by atoms with E-state index in [2.05, 4.69) is 30.8 Å². The van der Waals surface area contributed by atoms with Crippen LogP contribution in [-0.2, 0) is 4.79 Å². The van der Waals surface area contributed by atoms with Crippen molar-refractivity contribution in [1.82, 2.24) is 15.3 Å². The van der Waals surface area contributed by atoms with Gasteiger partial charge in [0.1, 0.15) is 11.9 Å². The molecule has 11 nitrogen and oxygen atoms in total. The highest BCUT2D eigenvalue weighted by Crippen LogP contribution is 2.31. The van der Waals surface area contributed by atoms with E-state index in [9.17, 15) is 22.8 Å². The smallest absolute Gasteiger partial charge is 0.489 e. The molecule has 4 N–H and O–H groups in total. The molecule has 2 aliphatic rings. The quantitative estimate of drug-likeness (QED) is 0.295. The van der Waals surface area contributed by atoms with Gasteiger partial charge in [0.2, 0.25) is 0 Å². The van der Waals surface area contributed by atoms with Gasteiger partial charge in [0.25, 0.3) is 11.8 Å². The van der Waals surface area contributed by atoms with Gasteiger partial charge >= 0.3 is 12.1 Å². The zero-order valence-corrected chi connectivity index (χ0v) is 24.1. The Morgan fingerprint density at radius 3 is 2.37 bits per heavy atom. The van der Waals surface area contributed by atoms with E-state index in [1.165, 1.54) is 36.6 Å². The number of halogens is 3. The Kier molecular flexibility index (Phi) is 10.5. The van der Waals surface area contributed by atoms with E-state index in [0.29, 0.717) is 27.7 Å². The van der Waals surface area contributed by atoms with Crippen LogP contribution in [0.4, 0.5) is 29.7 Å². The largest absolute Gasteiger partial charge is 0.490 e. The Morgan fingerprint density at radius 1 is 1.07 bits per heavy atom. The highest BCUT2D eigenvalue weighted by atomic mass is 32.1. The van der Waals surface area contributed by atoms with E-state index >= 15 is 0 Å². The first-order valence-electron chi connectivity index (χ1n) is 13.6. The number of carboxylic acids is 1. The number of aryl methyl sites for hydroxylation is 1. The topological polar surface area (TPSA) is 146 Å². The monoisotopic (exact) mass is 620 g/mol. The van der Waals surface area contributed by atoms with Crippen LogP contribution in [0.2, 0.25) is 0 Å². The van der Waals surface area contributed by atoms with E-state index in [1.807, 2.05) is 30.5 Å². The second-order valence-corrected chi connectivity index (χ2v) is 10.7. The molecule has 0 atom stereocenters. The van der Waals surface area contributed by atoms with Crippen LogP contribution in [0.3, 0.4) is 0 Å². The van der Waals surface area contributed by atoms with Gasteiger partial charge in [-0.05, 0) is 63.9 Å². The fourth-order valence-electron chi connectivity index (χ4n) is 4.52. The number of nitrogens with one attached hydrogen (secondary N) is 3. The Hall–Kier alpha value is -4.24. The van der Waals surface area contributed by atoms with Crippen molar-refractivity contribution in [3.8, 4) is 5.75 Å². The lowest BCUT2D eigenvalue weighted by atomic mass is 10.1. The minimum atomic E-state index is -5.08. The summed E-state index contributed by atoms with van der Waals surface area (Å²) in [4.78, 5) is 46.0. The maximum atomic E-state index is 13.5. The number of thiazole rings is 1. The van der Waals surface area contributed by atoms with Crippen LogP contribution in [0.25, 0.3) is 0 Å². The molecule has 1 aromatic carbocycles. The van der Waals surface area contributed by atoms with Gasteiger partial charge in [-0.1, -0.05) is 0 Å². The van der Waals surface area contributed by atoms with E-state index in [0.717, 1.165) is 50.4 Å². The average Bonchev–Trinajstić information content (AvgIpc) is 3.66. The van der Waals surface area contributed by atoms with Crippen molar-refractivity contribution in [2.45, 2.75) is 44.9 Å². The molecule has 5 rings (SSSR count). The van der Waals surface area contributed by atoms with Crippen LogP contribution < -0.4 is 25.6 Å². The number of hydrogen-bond acceptors (Lipinski definition) is 9. The normalized spacial score (nSPS) is 15.3. The lowest BCUT2D eigenvalue weighted by Gasteiger charge is -2.26. The Balaban J connectivity index is 0.000000541. The molecule has 3 aromatic rings.